The van der Waals surface area contributed by atoms with E-state index in [9.17, 15) is 13.2 Å². The van der Waals surface area contributed by atoms with Crippen molar-refractivity contribution in [3.8, 4) is 5.75 Å². The van der Waals surface area contributed by atoms with Crippen LogP contribution in [0.1, 0.15) is 11.1 Å². The average molecular weight is 219 g/mol. The molecule has 0 atom stereocenters. The summed E-state index contributed by atoms with van der Waals surface area (Å²) in [6.45, 7) is 0.177. The Labute approximate surface area is 85.8 Å². The number of methoxy groups -OCH3 is 1. The van der Waals surface area contributed by atoms with Crippen LogP contribution >= 0.6 is 0 Å². The predicted molar refractivity (Wildman–Crippen MR) is 50.8 cm³/mol. The van der Waals surface area contributed by atoms with E-state index in [1.54, 1.807) is 0 Å². The van der Waals surface area contributed by atoms with E-state index in [-0.39, 0.29) is 18.5 Å². The molecular weight excluding hydrogens is 207 g/mol. The Bertz CT molecular complexity index is 336. The van der Waals surface area contributed by atoms with E-state index in [1.165, 1.54) is 19.2 Å². The van der Waals surface area contributed by atoms with Crippen molar-refractivity contribution < 1.29 is 17.9 Å². The van der Waals surface area contributed by atoms with Gasteiger partial charge in [-0.05, 0) is 36.7 Å². The Kier molecular flexibility index (Phi) is 3.57. The maximum Gasteiger partial charge on any atom is 0.416 e. The lowest BCUT2D eigenvalue weighted by molar-refractivity contribution is -0.138. The molecule has 0 heterocycles. The van der Waals surface area contributed by atoms with Gasteiger partial charge in [-0.25, -0.2) is 0 Å². The van der Waals surface area contributed by atoms with E-state index in [4.69, 9.17) is 10.5 Å². The Hall–Kier alpha value is -1.23. The second-order valence-electron chi connectivity index (χ2n) is 3.06. The number of alkyl halides is 3. The van der Waals surface area contributed by atoms with Gasteiger partial charge in [-0.3, -0.25) is 0 Å². The summed E-state index contributed by atoms with van der Waals surface area (Å²) in [4.78, 5) is 0. The van der Waals surface area contributed by atoms with Crippen LogP contribution in [0.3, 0.4) is 0 Å². The maximum absolute atomic E-state index is 12.5. The van der Waals surface area contributed by atoms with Gasteiger partial charge in [-0.1, -0.05) is 0 Å². The Morgan fingerprint density at radius 1 is 1.33 bits per heavy atom. The molecule has 0 aliphatic heterocycles. The van der Waals surface area contributed by atoms with Crippen LogP contribution in [0.2, 0.25) is 0 Å². The van der Waals surface area contributed by atoms with Crippen molar-refractivity contribution in [2.45, 2.75) is 12.6 Å². The molecule has 0 fully saturated rings. The Balaban J connectivity index is 3.15. The van der Waals surface area contributed by atoms with E-state index in [1.807, 2.05) is 0 Å². The van der Waals surface area contributed by atoms with Gasteiger partial charge in [0.15, 0.2) is 0 Å². The van der Waals surface area contributed by atoms with Gasteiger partial charge in [-0.2, -0.15) is 13.2 Å². The molecule has 0 aromatic heterocycles. The van der Waals surface area contributed by atoms with Gasteiger partial charge in [0.2, 0.25) is 0 Å². The van der Waals surface area contributed by atoms with E-state index in [2.05, 4.69) is 0 Å². The fourth-order valence-electron chi connectivity index (χ4n) is 1.34. The van der Waals surface area contributed by atoms with Crippen LogP contribution < -0.4 is 10.5 Å². The van der Waals surface area contributed by atoms with Gasteiger partial charge < -0.3 is 10.5 Å². The first-order valence-corrected chi connectivity index (χ1v) is 4.43. The second kappa shape index (κ2) is 4.53. The summed E-state index contributed by atoms with van der Waals surface area (Å²) in [5.41, 5.74) is 4.78. The highest BCUT2D eigenvalue weighted by Crippen LogP contribution is 2.33. The van der Waals surface area contributed by atoms with Crippen LogP contribution in [0, 0.1) is 0 Å². The Morgan fingerprint density at radius 3 is 2.47 bits per heavy atom. The van der Waals surface area contributed by atoms with Gasteiger partial charge in [0.05, 0.1) is 12.7 Å². The van der Waals surface area contributed by atoms with Gasteiger partial charge in [0.1, 0.15) is 5.75 Å². The molecule has 5 heteroatoms. The number of rotatable bonds is 3. The lowest BCUT2D eigenvalue weighted by atomic mass is 10.0. The third-order valence-corrected chi connectivity index (χ3v) is 2.03. The monoisotopic (exact) mass is 219 g/mol. The van der Waals surface area contributed by atoms with Gasteiger partial charge in [0, 0.05) is 0 Å². The summed E-state index contributed by atoms with van der Waals surface area (Å²) >= 11 is 0. The predicted octanol–water partition coefficient (Wildman–Crippen LogP) is 2.22. The molecule has 0 amide bonds. The zero-order valence-corrected chi connectivity index (χ0v) is 8.27. The molecule has 0 bridgehead atoms. The molecule has 1 aromatic rings. The minimum atomic E-state index is -4.34. The molecule has 2 N–H and O–H groups in total. The lowest BCUT2D eigenvalue weighted by Crippen LogP contribution is -2.12. The third kappa shape index (κ3) is 2.86. The van der Waals surface area contributed by atoms with Crippen LogP contribution in [0.25, 0.3) is 0 Å². The fraction of sp³-hybridized carbons (Fsp3) is 0.400. The van der Waals surface area contributed by atoms with Crippen LogP contribution in [-0.2, 0) is 12.6 Å². The van der Waals surface area contributed by atoms with Crippen LogP contribution in [0.5, 0.6) is 5.75 Å². The molecule has 84 valence electrons. The quantitative estimate of drug-likeness (QED) is 0.845. The van der Waals surface area contributed by atoms with E-state index < -0.39 is 11.7 Å². The lowest BCUT2D eigenvalue weighted by Gasteiger charge is -2.13. The van der Waals surface area contributed by atoms with E-state index >= 15 is 0 Å². The van der Waals surface area contributed by atoms with Crippen molar-refractivity contribution in [2.24, 2.45) is 5.73 Å². The maximum atomic E-state index is 12.5. The number of hydrogen-bond acceptors (Lipinski definition) is 2. The molecule has 0 aliphatic rings. The topological polar surface area (TPSA) is 35.2 Å². The SMILES string of the molecule is COc1ccc(C(F)(F)F)c(CCN)c1. The van der Waals surface area contributed by atoms with Crippen LogP contribution in [-0.4, -0.2) is 13.7 Å². The average Bonchev–Trinajstić information content (AvgIpc) is 2.16. The molecule has 0 spiro atoms. The summed E-state index contributed by atoms with van der Waals surface area (Å²) < 4.78 is 42.4. The largest absolute Gasteiger partial charge is 0.497 e. The first kappa shape index (κ1) is 11.8. The number of halogens is 3. The highest BCUT2D eigenvalue weighted by atomic mass is 19.4. The smallest absolute Gasteiger partial charge is 0.416 e. The van der Waals surface area contributed by atoms with Gasteiger partial charge >= 0.3 is 6.18 Å². The summed E-state index contributed by atoms with van der Waals surface area (Å²) in [5.74, 6) is 0.409. The summed E-state index contributed by atoms with van der Waals surface area (Å²) in [7, 11) is 1.41. The summed E-state index contributed by atoms with van der Waals surface area (Å²) in [6.07, 6.45) is -4.15. The standard InChI is InChI=1S/C10H12F3NO/c1-15-8-2-3-9(10(11,12)13)7(6-8)4-5-14/h2-3,6H,4-5,14H2,1H3. The first-order chi connectivity index (χ1) is 6.99. The fourth-order valence-corrected chi connectivity index (χ4v) is 1.34. The number of ether oxygens (including phenoxy) is 1. The van der Waals surface area contributed by atoms with Crippen molar-refractivity contribution in [3.63, 3.8) is 0 Å². The van der Waals surface area contributed by atoms with Crippen LogP contribution in [0.15, 0.2) is 18.2 Å². The zero-order chi connectivity index (χ0) is 11.5. The molecule has 0 unspecified atom stereocenters. The highest BCUT2D eigenvalue weighted by molar-refractivity contribution is 5.37. The molecule has 15 heavy (non-hydrogen) atoms. The van der Waals surface area contributed by atoms with Gasteiger partial charge in [-0.15, -0.1) is 0 Å². The van der Waals surface area contributed by atoms with E-state index in [0.29, 0.717) is 5.75 Å². The molecule has 1 rings (SSSR count). The van der Waals surface area contributed by atoms with Crippen molar-refractivity contribution in [1.29, 1.82) is 0 Å². The minimum Gasteiger partial charge on any atom is -0.497 e. The molecular formula is C10H12F3NO. The zero-order valence-electron chi connectivity index (χ0n) is 8.27. The number of hydrogen-bond donors (Lipinski definition) is 1. The van der Waals surface area contributed by atoms with Crippen molar-refractivity contribution in [3.05, 3.63) is 29.3 Å². The minimum absolute atomic E-state index is 0.171. The molecule has 2 nitrogen and oxygen atoms in total. The van der Waals surface area contributed by atoms with E-state index in [0.717, 1.165) is 6.07 Å². The molecule has 0 aliphatic carbocycles. The summed E-state index contributed by atoms with van der Waals surface area (Å²) in [6, 6.07) is 3.68. The summed E-state index contributed by atoms with van der Waals surface area (Å²) in [5, 5.41) is 0. The Morgan fingerprint density at radius 2 is 2.00 bits per heavy atom. The molecule has 0 saturated heterocycles. The highest BCUT2D eigenvalue weighted by Gasteiger charge is 2.33. The normalized spacial score (nSPS) is 11.5. The number of nitrogens with two attached hydrogens (primary N) is 1. The van der Waals surface area contributed by atoms with Crippen molar-refractivity contribution in [2.75, 3.05) is 13.7 Å². The second-order valence-corrected chi connectivity index (χ2v) is 3.06. The number of benzene rings is 1. The third-order valence-electron chi connectivity index (χ3n) is 2.03. The van der Waals surface area contributed by atoms with Crippen LogP contribution in [0.4, 0.5) is 13.2 Å². The van der Waals surface area contributed by atoms with Crippen molar-refractivity contribution >= 4 is 0 Å². The molecule has 0 saturated carbocycles. The molecule has 0 radical (unpaired) electrons. The van der Waals surface area contributed by atoms with Crippen molar-refractivity contribution in [1.82, 2.24) is 0 Å². The first-order valence-electron chi connectivity index (χ1n) is 4.43. The molecule has 1 aromatic carbocycles. The van der Waals surface area contributed by atoms with Gasteiger partial charge in [0.25, 0.3) is 0 Å².